The van der Waals surface area contributed by atoms with Crippen LogP contribution in [0.4, 0.5) is 5.69 Å². The van der Waals surface area contributed by atoms with Crippen molar-refractivity contribution in [2.45, 2.75) is 44.4 Å². The SMILES string of the molecule is C[C@H](/C=C/CC(=O)N1CCC[C@H]1CO)[C@@]1(O)C(=O)N(Cc2ccc(-n3ncc4ccccc4c3=O)cc2)c2ccc(Cl)cc21. The molecule has 44 heavy (non-hydrogen) atoms. The van der Waals surface area contributed by atoms with Crippen LogP contribution in [0.5, 0.6) is 0 Å². The van der Waals surface area contributed by atoms with Gasteiger partial charge in [-0.3, -0.25) is 14.4 Å². The minimum atomic E-state index is -1.89. The smallest absolute Gasteiger partial charge is 0.279 e. The molecule has 0 radical (unpaired) electrons. The molecule has 2 amide bonds. The summed E-state index contributed by atoms with van der Waals surface area (Å²) in [6, 6.07) is 19.3. The van der Waals surface area contributed by atoms with Gasteiger partial charge in [0.1, 0.15) is 0 Å². The predicted octanol–water partition coefficient (Wildman–Crippen LogP) is 4.34. The Balaban J connectivity index is 1.22. The Bertz CT molecular complexity index is 1820. The predicted molar refractivity (Wildman–Crippen MR) is 169 cm³/mol. The second-order valence-electron chi connectivity index (χ2n) is 11.4. The number of anilines is 1. The van der Waals surface area contributed by atoms with E-state index in [-0.39, 0.29) is 37.1 Å². The van der Waals surface area contributed by atoms with Gasteiger partial charge in [0.05, 0.1) is 42.2 Å². The minimum Gasteiger partial charge on any atom is -0.394 e. The lowest BCUT2D eigenvalue weighted by molar-refractivity contribution is -0.139. The molecule has 226 valence electrons. The number of hydrogen-bond donors (Lipinski definition) is 2. The highest BCUT2D eigenvalue weighted by atomic mass is 35.5. The highest BCUT2D eigenvalue weighted by Gasteiger charge is 2.52. The van der Waals surface area contributed by atoms with Crippen LogP contribution in [0.25, 0.3) is 16.5 Å². The lowest BCUT2D eigenvalue weighted by Crippen LogP contribution is -2.44. The Morgan fingerprint density at radius 1 is 1.14 bits per heavy atom. The summed E-state index contributed by atoms with van der Waals surface area (Å²) in [5.41, 5.74) is 0.231. The van der Waals surface area contributed by atoms with E-state index in [0.29, 0.717) is 33.9 Å². The van der Waals surface area contributed by atoms with Crippen molar-refractivity contribution in [2.24, 2.45) is 5.92 Å². The third kappa shape index (κ3) is 5.21. The average Bonchev–Trinajstić information content (AvgIpc) is 3.60. The van der Waals surface area contributed by atoms with E-state index in [2.05, 4.69) is 5.10 Å². The first kappa shape index (κ1) is 29.7. The molecule has 0 spiro atoms. The van der Waals surface area contributed by atoms with Crippen molar-refractivity contribution >= 4 is 39.9 Å². The zero-order chi connectivity index (χ0) is 31.0. The number of benzene rings is 3. The number of carbonyl (C=O) groups is 2. The van der Waals surface area contributed by atoms with E-state index in [4.69, 9.17) is 11.6 Å². The summed E-state index contributed by atoms with van der Waals surface area (Å²) in [6.07, 6.45) is 6.78. The first-order valence-corrected chi connectivity index (χ1v) is 15.1. The van der Waals surface area contributed by atoms with Gasteiger partial charge in [0, 0.05) is 34.9 Å². The second-order valence-corrected chi connectivity index (χ2v) is 11.9. The summed E-state index contributed by atoms with van der Waals surface area (Å²) in [5.74, 6) is -1.25. The molecule has 1 fully saturated rings. The highest BCUT2D eigenvalue weighted by Crippen LogP contribution is 2.46. The maximum atomic E-state index is 13.9. The molecule has 3 aromatic carbocycles. The summed E-state index contributed by atoms with van der Waals surface area (Å²) in [7, 11) is 0. The first-order chi connectivity index (χ1) is 21.2. The number of hydrogen-bond acceptors (Lipinski definition) is 6. The van der Waals surface area contributed by atoms with Gasteiger partial charge in [-0.2, -0.15) is 9.78 Å². The normalized spacial score (nSPS) is 20.5. The summed E-state index contributed by atoms with van der Waals surface area (Å²) >= 11 is 6.32. The van der Waals surface area contributed by atoms with E-state index < -0.39 is 17.4 Å². The Labute approximate surface area is 259 Å². The van der Waals surface area contributed by atoms with E-state index in [1.165, 1.54) is 9.58 Å². The van der Waals surface area contributed by atoms with Crippen molar-refractivity contribution in [1.29, 1.82) is 0 Å². The van der Waals surface area contributed by atoms with Gasteiger partial charge >= 0.3 is 0 Å². The van der Waals surface area contributed by atoms with Crippen LogP contribution in [0.15, 0.2) is 89.9 Å². The van der Waals surface area contributed by atoms with Crippen LogP contribution in [0.3, 0.4) is 0 Å². The van der Waals surface area contributed by atoms with Crippen LogP contribution in [-0.4, -0.2) is 55.9 Å². The number of halogens is 1. The van der Waals surface area contributed by atoms with Crippen LogP contribution in [-0.2, 0) is 21.7 Å². The third-order valence-electron chi connectivity index (χ3n) is 8.73. The monoisotopic (exact) mass is 612 g/mol. The van der Waals surface area contributed by atoms with Gasteiger partial charge in [0.2, 0.25) is 5.91 Å². The van der Waals surface area contributed by atoms with Crippen molar-refractivity contribution in [1.82, 2.24) is 14.7 Å². The largest absolute Gasteiger partial charge is 0.394 e. The number of carbonyl (C=O) groups excluding carboxylic acids is 2. The molecule has 10 heteroatoms. The molecule has 2 N–H and O–H groups in total. The van der Waals surface area contributed by atoms with Crippen molar-refractivity contribution in [2.75, 3.05) is 18.1 Å². The lowest BCUT2D eigenvalue weighted by atomic mass is 9.83. The molecule has 3 atom stereocenters. The Hall–Kier alpha value is -4.31. The molecular weight excluding hydrogens is 580 g/mol. The highest BCUT2D eigenvalue weighted by molar-refractivity contribution is 6.31. The van der Waals surface area contributed by atoms with Gasteiger partial charge in [-0.15, -0.1) is 0 Å². The van der Waals surface area contributed by atoms with Gasteiger partial charge in [0.15, 0.2) is 5.60 Å². The van der Waals surface area contributed by atoms with Gasteiger partial charge in [-0.05, 0) is 54.8 Å². The van der Waals surface area contributed by atoms with Gasteiger partial charge in [-0.25, -0.2) is 0 Å². The number of likely N-dealkylation sites (tertiary alicyclic amines) is 1. The fourth-order valence-electron chi connectivity index (χ4n) is 6.26. The van der Waals surface area contributed by atoms with Crippen molar-refractivity contribution in [3.8, 4) is 5.69 Å². The summed E-state index contributed by atoms with van der Waals surface area (Å²) in [4.78, 5) is 42.9. The van der Waals surface area contributed by atoms with Crippen molar-refractivity contribution in [3.05, 3.63) is 112 Å². The molecule has 0 saturated carbocycles. The van der Waals surface area contributed by atoms with Gasteiger partial charge in [-0.1, -0.05) is 61.0 Å². The molecule has 3 heterocycles. The molecule has 2 aliphatic heterocycles. The molecular formula is C34H33ClN4O5. The minimum absolute atomic E-state index is 0.0605. The Morgan fingerprint density at radius 3 is 2.68 bits per heavy atom. The van der Waals surface area contributed by atoms with Crippen LogP contribution in [0, 0.1) is 5.92 Å². The molecule has 0 aliphatic carbocycles. The summed E-state index contributed by atoms with van der Waals surface area (Å²) < 4.78 is 1.34. The molecule has 6 rings (SSSR count). The number of aliphatic hydroxyl groups is 2. The van der Waals surface area contributed by atoms with Crippen LogP contribution in [0.1, 0.15) is 37.3 Å². The van der Waals surface area contributed by atoms with Crippen molar-refractivity contribution < 1.29 is 19.8 Å². The van der Waals surface area contributed by atoms with E-state index in [9.17, 15) is 24.6 Å². The standard InChI is InChI=1S/C34H33ClN4O5/c1-22(6-4-10-31(41)37-17-5-8-27(37)21-40)34(44)29-18-25(35)13-16-30(29)38(33(34)43)20-23-11-14-26(15-12-23)39-32(42)28-9-3-2-7-24(28)19-36-39/h2-4,6-7,9,11-16,18-19,22,27,40,44H,5,8,10,17,20-21H2,1H3/b6-4+/t22-,27+,34+/m1/s1. The van der Waals surface area contributed by atoms with E-state index in [1.54, 1.807) is 66.6 Å². The fraction of sp³-hybridized carbons (Fsp3) is 0.294. The Morgan fingerprint density at radius 2 is 1.91 bits per heavy atom. The second kappa shape index (κ2) is 12.0. The molecule has 2 aliphatic rings. The lowest BCUT2D eigenvalue weighted by Gasteiger charge is -2.28. The maximum absolute atomic E-state index is 13.9. The topological polar surface area (TPSA) is 116 Å². The van der Waals surface area contributed by atoms with E-state index in [0.717, 1.165) is 23.8 Å². The number of aliphatic hydroxyl groups excluding tert-OH is 1. The number of fused-ring (bicyclic) bond motifs is 2. The quantitative estimate of drug-likeness (QED) is 0.286. The van der Waals surface area contributed by atoms with E-state index >= 15 is 0 Å². The van der Waals surface area contributed by atoms with Crippen LogP contribution < -0.4 is 10.5 Å². The number of rotatable bonds is 8. The molecule has 0 bridgehead atoms. The zero-order valence-electron chi connectivity index (χ0n) is 24.3. The first-order valence-electron chi connectivity index (χ1n) is 14.7. The molecule has 4 aromatic rings. The van der Waals surface area contributed by atoms with Gasteiger partial charge in [0.25, 0.3) is 11.5 Å². The molecule has 1 saturated heterocycles. The number of aromatic nitrogens is 2. The zero-order valence-corrected chi connectivity index (χ0v) is 25.0. The molecule has 9 nitrogen and oxygen atoms in total. The number of amides is 2. The Kier molecular flexibility index (Phi) is 8.11. The average molecular weight is 613 g/mol. The van der Waals surface area contributed by atoms with Crippen LogP contribution in [0.2, 0.25) is 5.02 Å². The summed E-state index contributed by atoms with van der Waals surface area (Å²) in [6.45, 7) is 2.48. The van der Waals surface area contributed by atoms with Crippen LogP contribution >= 0.6 is 11.6 Å². The maximum Gasteiger partial charge on any atom is 0.279 e. The van der Waals surface area contributed by atoms with Gasteiger partial charge < -0.3 is 20.0 Å². The molecule has 0 unspecified atom stereocenters. The van der Waals surface area contributed by atoms with Crippen molar-refractivity contribution in [3.63, 3.8) is 0 Å². The number of nitrogens with zero attached hydrogens (tertiary/aromatic N) is 4. The molecule has 1 aromatic heterocycles. The van der Waals surface area contributed by atoms with E-state index in [1.807, 2.05) is 30.3 Å². The fourth-order valence-corrected chi connectivity index (χ4v) is 6.43. The summed E-state index contributed by atoms with van der Waals surface area (Å²) in [5, 5.41) is 27.5. The third-order valence-corrected chi connectivity index (χ3v) is 8.97.